The number of carbonyl (C=O) groups is 1. The average molecular weight is 311 g/mol. The summed E-state index contributed by atoms with van der Waals surface area (Å²) in [5.74, 6) is 0.0208. The summed E-state index contributed by atoms with van der Waals surface area (Å²) in [6, 6.07) is 0. The number of nitrogen functional groups attached to an aromatic ring is 1. The molecule has 6 nitrogen and oxygen atoms in total. The number of hydrogen-bond acceptors (Lipinski definition) is 7. The molecule has 0 saturated carbocycles. The molecule has 0 aliphatic carbocycles. The maximum atomic E-state index is 12.1. The number of nitrogens with two attached hydrogens (primary N) is 1. The van der Waals surface area contributed by atoms with E-state index in [4.69, 9.17) is 5.73 Å². The Bertz CT molecular complexity index is 586. The lowest BCUT2D eigenvalue weighted by Crippen LogP contribution is -2.25. The molecule has 8 heteroatoms. The molecule has 0 aliphatic rings. The second-order valence-electron chi connectivity index (χ2n) is 5.27. The molecule has 0 bridgehead atoms. The van der Waals surface area contributed by atoms with Crippen molar-refractivity contribution in [3.05, 3.63) is 21.5 Å². The third kappa shape index (κ3) is 3.91. The normalized spacial score (nSPS) is 11.3. The van der Waals surface area contributed by atoms with Gasteiger partial charge in [0.05, 0.1) is 17.7 Å². The van der Waals surface area contributed by atoms with E-state index in [1.54, 1.807) is 5.51 Å². The van der Waals surface area contributed by atoms with E-state index >= 15 is 0 Å². The first kappa shape index (κ1) is 14.7. The summed E-state index contributed by atoms with van der Waals surface area (Å²) >= 11 is 2.75. The van der Waals surface area contributed by atoms with Crippen molar-refractivity contribution < 1.29 is 4.79 Å². The first-order valence-electron chi connectivity index (χ1n) is 6.05. The maximum absolute atomic E-state index is 12.1. The number of rotatable bonds is 4. The molecule has 1 amide bonds. The van der Waals surface area contributed by atoms with Gasteiger partial charge in [0.2, 0.25) is 0 Å². The topological polar surface area (TPSA) is 92.9 Å². The highest BCUT2D eigenvalue weighted by molar-refractivity contribution is 7.18. The van der Waals surface area contributed by atoms with Crippen LogP contribution in [0.15, 0.2) is 10.9 Å². The first-order chi connectivity index (χ1) is 9.35. The van der Waals surface area contributed by atoms with Crippen molar-refractivity contribution in [3.8, 4) is 0 Å². The van der Waals surface area contributed by atoms with Gasteiger partial charge in [0, 0.05) is 10.9 Å². The molecule has 0 fully saturated rings. The Hall–Kier alpha value is -1.67. The smallest absolute Gasteiger partial charge is 0.265 e. The van der Waals surface area contributed by atoms with Crippen LogP contribution in [0.1, 0.15) is 36.1 Å². The van der Waals surface area contributed by atoms with Crippen LogP contribution in [0.3, 0.4) is 0 Å². The molecule has 20 heavy (non-hydrogen) atoms. The van der Waals surface area contributed by atoms with Crippen LogP contribution in [0, 0.1) is 0 Å². The van der Waals surface area contributed by atoms with Gasteiger partial charge in [-0.3, -0.25) is 4.79 Å². The Morgan fingerprint density at radius 2 is 2.20 bits per heavy atom. The fourth-order valence-corrected chi connectivity index (χ4v) is 3.01. The van der Waals surface area contributed by atoms with Crippen LogP contribution in [0.5, 0.6) is 0 Å². The van der Waals surface area contributed by atoms with E-state index in [1.807, 2.05) is 26.2 Å². The molecule has 0 radical (unpaired) electrons. The molecule has 0 aromatic carbocycles. The Kier molecular flexibility index (Phi) is 4.24. The molecule has 0 saturated heterocycles. The van der Waals surface area contributed by atoms with Crippen molar-refractivity contribution in [2.45, 2.75) is 32.9 Å². The van der Waals surface area contributed by atoms with E-state index in [1.165, 1.54) is 22.7 Å². The monoisotopic (exact) mass is 311 g/mol. The van der Waals surface area contributed by atoms with Crippen molar-refractivity contribution in [2.24, 2.45) is 0 Å². The summed E-state index contributed by atoms with van der Waals surface area (Å²) < 4.78 is 0. The van der Waals surface area contributed by atoms with Crippen molar-refractivity contribution in [3.63, 3.8) is 0 Å². The summed E-state index contributed by atoms with van der Waals surface area (Å²) in [7, 11) is 0. The molecular weight excluding hydrogens is 294 g/mol. The predicted molar refractivity (Wildman–Crippen MR) is 83.2 cm³/mol. The number of thiazole rings is 2. The van der Waals surface area contributed by atoms with Crippen LogP contribution >= 0.6 is 22.7 Å². The van der Waals surface area contributed by atoms with Crippen LogP contribution in [-0.2, 0) is 6.54 Å². The third-order valence-electron chi connectivity index (χ3n) is 2.26. The van der Waals surface area contributed by atoms with Crippen molar-refractivity contribution in [2.75, 3.05) is 11.1 Å². The van der Waals surface area contributed by atoms with Crippen molar-refractivity contribution in [1.82, 2.24) is 15.3 Å². The maximum Gasteiger partial charge on any atom is 0.265 e. The molecule has 2 heterocycles. The van der Waals surface area contributed by atoms with Crippen molar-refractivity contribution >= 4 is 39.5 Å². The summed E-state index contributed by atoms with van der Waals surface area (Å²) in [5.41, 5.74) is 8.23. The zero-order chi connectivity index (χ0) is 14.8. The number of anilines is 2. The number of nitrogens with zero attached hydrogens (tertiary/aromatic N) is 2. The number of carbonyl (C=O) groups excluding carboxylic acids is 1. The van der Waals surface area contributed by atoms with Crippen LogP contribution < -0.4 is 16.4 Å². The SMILES string of the molecule is CC(C)(C)Nc1nc(N)c(C(=O)NCc2cscn2)s1. The van der Waals surface area contributed by atoms with Gasteiger partial charge >= 0.3 is 0 Å². The number of hydrogen-bond donors (Lipinski definition) is 3. The van der Waals surface area contributed by atoms with Crippen molar-refractivity contribution in [1.29, 1.82) is 0 Å². The van der Waals surface area contributed by atoms with Crippen LogP contribution in [0.2, 0.25) is 0 Å². The van der Waals surface area contributed by atoms with Gasteiger partial charge in [-0.1, -0.05) is 11.3 Å². The highest BCUT2D eigenvalue weighted by Crippen LogP contribution is 2.27. The van der Waals surface area contributed by atoms with Crippen LogP contribution in [0.25, 0.3) is 0 Å². The lowest BCUT2D eigenvalue weighted by Gasteiger charge is -2.19. The number of aromatic nitrogens is 2. The summed E-state index contributed by atoms with van der Waals surface area (Å²) in [4.78, 5) is 20.8. The summed E-state index contributed by atoms with van der Waals surface area (Å²) in [5, 5.41) is 8.53. The standard InChI is InChI=1S/C12H17N5OS2/c1-12(2,3)17-11-16-9(13)8(20-11)10(18)14-4-7-5-19-6-15-7/h5-6H,4,13H2,1-3H3,(H,14,18)(H,16,17). The van der Waals surface area contributed by atoms with Gasteiger partial charge in [-0.15, -0.1) is 11.3 Å². The Morgan fingerprint density at radius 3 is 2.80 bits per heavy atom. The van der Waals surface area contributed by atoms with Gasteiger partial charge in [-0.2, -0.15) is 0 Å². The second-order valence-corrected chi connectivity index (χ2v) is 6.99. The largest absolute Gasteiger partial charge is 0.382 e. The minimum Gasteiger partial charge on any atom is -0.382 e. The zero-order valence-corrected chi connectivity index (χ0v) is 13.2. The highest BCUT2D eigenvalue weighted by atomic mass is 32.1. The Labute approximate surface area is 125 Å². The van der Waals surface area contributed by atoms with E-state index in [0.717, 1.165) is 5.69 Å². The number of nitrogens with one attached hydrogen (secondary N) is 2. The quantitative estimate of drug-likeness (QED) is 0.806. The van der Waals surface area contributed by atoms with Gasteiger partial charge in [0.25, 0.3) is 5.91 Å². The second kappa shape index (κ2) is 5.76. The average Bonchev–Trinajstić information content (AvgIpc) is 2.93. The van der Waals surface area contributed by atoms with Gasteiger partial charge in [0.1, 0.15) is 10.7 Å². The Balaban J connectivity index is 2.02. The van der Waals surface area contributed by atoms with E-state index in [2.05, 4.69) is 20.6 Å². The molecule has 0 aliphatic heterocycles. The van der Waals surface area contributed by atoms with Gasteiger partial charge in [-0.25, -0.2) is 9.97 Å². The lowest BCUT2D eigenvalue weighted by molar-refractivity contribution is 0.0955. The molecule has 2 aromatic rings. The van der Waals surface area contributed by atoms with E-state index < -0.39 is 0 Å². The molecule has 4 N–H and O–H groups in total. The summed E-state index contributed by atoms with van der Waals surface area (Å²) in [6.07, 6.45) is 0. The first-order valence-corrected chi connectivity index (χ1v) is 7.81. The predicted octanol–water partition coefficient (Wildman–Crippen LogP) is 2.32. The van der Waals surface area contributed by atoms with Crippen LogP contribution in [-0.4, -0.2) is 21.4 Å². The third-order valence-corrected chi connectivity index (χ3v) is 3.88. The van der Waals surface area contributed by atoms with Gasteiger partial charge < -0.3 is 16.4 Å². The van der Waals surface area contributed by atoms with Gasteiger partial charge in [0.15, 0.2) is 5.13 Å². The molecule has 0 unspecified atom stereocenters. The summed E-state index contributed by atoms with van der Waals surface area (Å²) in [6.45, 7) is 6.45. The lowest BCUT2D eigenvalue weighted by atomic mass is 10.1. The van der Waals surface area contributed by atoms with E-state index in [0.29, 0.717) is 16.6 Å². The Morgan fingerprint density at radius 1 is 1.45 bits per heavy atom. The highest BCUT2D eigenvalue weighted by Gasteiger charge is 2.19. The van der Waals surface area contributed by atoms with Gasteiger partial charge in [-0.05, 0) is 20.8 Å². The van der Waals surface area contributed by atoms with E-state index in [-0.39, 0.29) is 17.3 Å². The minimum absolute atomic E-state index is 0.126. The van der Waals surface area contributed by atoms with Crippen LogP contribution in [0.4, 0.5) is 10.9 Å². The van der Waals surface area contributed by atoms with E-state index in [9.17, 15) is 4.79 Å². The molecule has 2 rings (SSSR count). The molecular formula is C12H17N5OS2. The minimum atomic E-state index is -0.227. The zero-order valence-electron chi connectivity index (χ0n) is 11.6. The number of amides is 1. The molecule has 108 valence electrons. The fraction of sp³-hybridized carbons (Fsp3) is 0.417. The molecule has 0 atom stereocenters. The molecule has 0 spiro atoms. The fourth-order valence-electron chi connectivity index (χ4n) is 1.44. The molecule has 2 aromatic heterocycles.